The lowest BCUT2D eigenvalue weighted by Gasteiger charge is -2.20. The summed E-state index contributed by atoms with van der Waals surface area (Å²) in [6.45, 7) is 0. The highest BCUT2D eigenvalue weighted by molar-refractivity contribution is 6.22. The summed E-state index contributed by atoms with van der Waals surface area (Å²) in [5, 5.41) is 8.21. The SMILES string of the molecule is c1ccc(-c2cccc(-n3c4ccc(-c5ccc6c(c5)c5ccccc5n6-c5nc6c7c(cccc7n5)Oc5ccccc5-6)cc4c4c5ccccc5ccc43)c2)cc1. The third-order valence-electron chi connectivity index (χ3n) is 12.1. The Morgan fingerprint density at radius 1 is 0.373 bits per heavy atom. The van der Waals surface area contributed by atoms with Gasteiger partial charge in [0, 0.05) is 32.8 Å². The molecule has 0 amide bonds. The summed E-state index contributed by atoms with van der Waals surface area (Å²) in [4.78, 5) is 10.5. The molecule has 59 heavy (non-hydrogen) atoms. The first-order valence-electron chi connectivity index (χ1n) is 20.0. The molecule has 0 saturated heterocycles. The van der Waals surface area contributed by atoms with Crippen molar-refractivity contribution in [3.05, 3.63) is 194 Å². The second-order valence-electron chi connectivity index (χ2n) is 15.4. The third kappa shape index (κ3) is 4.73. The maximum Gasteiger partial charge on any atom is 0.235 e. The largest absolute Gasteiger partial charge is 0.456 e. The highest BCUT2D eigenvalue weighted by Crippen LogP contribution is 2.46. The fourth-order valence-corrected chi connectivity index (χ4v) is 9.46. The summed E-state index contributed by atoms with van der Waals surface area (Å²) in [7, 11) is 0. The van der Waals surface area contributed by atoms with E-state index in [1.165, 1.54) is 43.7 Å². The first-order valence-corrected chi connectivity index (χ1v) is 20.0. The molecular weight excluding hydrogens is 721 g/mol. The second-order valence-corrected chi connectivity index (χ2v) is 15.4. The zero-order valence-corrected chi connectivity index (χ0v) is 31.7. The lowest BCUT2D eigenvalue weighted by Crippen LogP contribution is -2.06. The molecule has 0 unspecified atom stereocenters. The van der Waals surface area contributed by atoms with Gasteiger partial charge in [0.1, 0.15) is 11.5 Å². The summed E-state index contributed by atoms with van der Waals surface area (Å²) in [6, 6.07) is 69.3. The Hall–Kier alpha value is -8.02. The molecule has 0 saturated carbocycles. The molecule has 9 aromatic carbocycles. The van der Waals surface area contributed by atoms with Crippen LogP contribution < -0.4 is 4.74 Å². The summed E-state index contributed by atoms with van der Waals surface area (Å²) in [6.07, 6.45) is 0. The van der Waals surface area contributed by atoms with E-state index in [0.717, 1.165) is 72.3 Å². The molecule has 3 aromatic heterocycles. The van der Waals surface area contributed by atoms with Crippen molar-refractivity contribution in [3.63, 3.8) is 0 Å². The molecule has 0 radical (unpaired) electrons. The predicted molar refractivity (Wildman–Crippen MR) is 242 cm³/mol. The summed E-state index contributed by atoms with van der Waals surface area (Å²) in [5.74, 6) is 2.22. The molecule has 0 fully saturated rings. The number of fused-ring (bicyclic) bond motifs is 10. The molecule has 1 aliphatic heterocycles. The minimum atomic E-state index is 0.637. The van der Waals surface area contributed by atoms with Crippen LogP contribution in [0.25, 0.3) is 110 Å². The van der Waals surface area contributed by atoms with E-state index in [1.807, 2.05) is 36.4 Å². The molecule has 1 aliphatic rings. The number of hydrogen-bond acceptors (Lipinski definition) is 3. The minimum Gasteiger partial charge on any atom is -0.456 e. The lowest BCUT2D eigenvalue weighted by molar-refractivity contribution is 0.486. The number of benzene rings is 9. The van der Waals surface area contributed by atoms with Crippen molar-refractivity contribution in [1.29, 1.82) is 0 Å². The number of rotatable bonds is 4. The standard InChI is InChI=1S/C54H32N4O/c1-2-12-33(13-3-1)35-15-10-16-38(30-35)57-47-28-26-37(32-43(47)51-39-17-5-4-14-34(39)24-29-48(51)57)36-25-27-46-42(31-36)40-18-6-8-21-45(40)58(46)54-55-44-20-11-23-50-52(44)53(56-54)41-19-7-9-22-49(41)59-50/h1-32H. The van der Waals surface area contributed by atoms with Crippen LogP contribution in [0, 0.1) is 0 Å². The monoisotopic (exact) mass is 752 g/mol. The van der Waals surface area contributed by atoms with Gasteiger partial charge >= 0.3 is 0 Å². The topological polar surface area (TPSA) is 44.9 Å². The van der Waals surface area contributed by atoms with Gasteiger partial charge in [-0.25, -0.2) is 9.97 Å². The second kappa shape index (κ2) is 12.2. The van der Waals surface area contributed by atoms with Crippen molar-refractivity contribution >= 4 is 65.3 Å². The van der Waals surface area contributed by atoms with E-state index in [-0.39, 0.29) is 0 Å². The van der Waals surface area contributed by atoms with E-state index < -0.39 is 0 Å². The van der Waals surface area contributed by atoms with Crippen LogP contribution in [0.4, 0.5) is 0 Å². The van der Waals surface area contributed by atoms with Crippen LogP contribution in [-0.2, 0) is 0 Å². The zero-order chi connectivity index (χ0) is 38.6. The zero-order valence-electron chi connectivity index (χ0n) is 31.7. The van der Waals surface area contributed by atoms with Gasteiger partial charge in [-0.2, -0.15) is 0 Å². The van der Waals surface area contributed by atoms with Gasteiger partial charge in [-0.15, -0.1) is 0 Å². The van der Waals surface area contributed by atoms with Crippen molar-refractivity contribution in [2.24, 2.45) is 0 Å². The Labute approximate surface area is 338 Å². The molecule has 0 N–H and O–H groups in total. The molecule has 0 aliphatic carbocycles. The van der Waals surface area contributed by atoms with E-state index in [9.17, 15) is 0 Å². The van der Waals surface area contributed by atoms with Gasteiger partial charge < -0.3 is 9.30 Å². The molecule has 12 aromatic rings. The third-order valence-corrected chi connectivity index (χ3v) is 12.1. The molecule has 13 rings (SSSR count). The number of aromatic nitrogens is 4. The van der Waals surface area contributed by atoms with Crippen LogP contribution in [0.3, 0.4) is 0 Å². The van der Waals surface area contributed by atoms with E-state index in [0.29, 0.717) is 5.95 Å². The summed E-state index contributed by atoms with van der Waals surface area (Å²) >= 11 is 0. The van der Waals surface area contributed by atoms with E-state index >= 15 is 0 Å². The first kappa shape index (κ1) is 32.1. The fraction of sp³-hybridized carbons (Fsp3) is 0. The maximum absolute atomic E-state index is 6.30. The molecule has 0 bridgehead atoms. The van der Waals surface area contributed by atoms with Crippen LogP contribution >= 0.6 is 0 Å². The normalized spacial score (nSPS) is 12.2. The lowest BCUT2D eigenvalue weighted by atomic mass is 9.99. The van der Waals surface area contributed by atoms with Crippen molar-refractivity contribution in [2.45, 2.75) is 0 Å². The minimum absolute atomic E-state index is 0.637. The number of ether oxygens (including phenoxy) is 1. The van der Waals surface area contributed by atoms with Crippen molar-refractivity contribution < 1.29 is 4.74 Å². The van der Waals surface area contributed by atoms with Crippen LogP contribution in [0.2, 0.25) is 0 Å². The number of nitrogens with zero attached hydrogens (tertiary/aromatic N) is 4. The van der Waals surface area contributed by atoms with E-state index in [4.69, 9.17) is 14.7 Å². The van der Waals surface area contributed by atoms with Gasteiger partial charge in [0.25, 0.3) is 0 Å². The number of para-hydroxylation sites is 2. The average molecular weight is 753 g/mol. The molecule has 274 valence electrons. The number of hydrogen-bond donors (Lipinski definition) is 0. The maximum atomic E-state index is 6.30. The van der Waals surface area contributed by atoms with Crippen LogP contribution in [0.15, 0.2) is 194 Å². The van der Waals surface area contributed by atoms with E-state index in [2.05, 4.69) is 167 Å². The molecule has 4 heterocycles. The Kier molecular flexibility index (Phi) is 6.66. The Morgan fingerprint density at radius 2 is 1.03 bits per heavy atom. The summed E-state index contributed by atoms with van der Waals surface area (Å²) in [5.41, 5.74) is 13.0. The van der Waals surface area contributed by atoms with Crippen LogP contribution in [0.5, 0.6) is 11.5 Å². The van der Waals surface area contributed by atoms with Gasteiger partial charge in [-0.3, -0.25) is 4.57 Å². The molecular formula is C54H32N4O. The summed E-state index contributed by atoms with van der Waals surface area (Å²) < 4.78 is 10.9. The Morgan fingerprint density at radius 3 is 1.93 bits per heavy atom. The molecule has 0 atom stereocenters. The Bertz CT molecular complexity index is 3710. The molecule has 5 heteroatoms. The van der Waals surface area contributed by atoms with Gasteiger partial charge in [0.05, 0.1) is 38.7 Å². The quantitative estimate of drug-likeness (QED) is 0.180. The van der Waals surface area contributed by atoms with Gasteiger partial charge in [0.15, 0.2) is 0 Å². The molecule has 5 nitrogen and oxygen atoms in total. The average Bonchev–Trinajstić information content (AvgIpc) is 3.82. The first-order chi connectivity index (χ1) is 29.2. The van der Waals surface area contributed by atoms with E-state index in [1.54, 1.807) is 0 Å². The predicted octanol–water partition coefficient (Wildman–Crippen LogP) is 14.1. The van der Waals surface area contributed by atoms with Gasteiger partial charge in [-0.1, -0.05) is 121 Å². The molecule has 0 spiro atoms. The smallest absolute Gasteiger partial charge is 0.235 e. The highest BCUT2D eigenvalue weighted by Gasteiger charge is 2.25. The van der Waals surface area contributed by atoms with Gasteiger partial charge in [0.2, 0.25) is 5.95 Å². The van der Waals surface area contributed by atoms with Crippen LogP contribution in [-0.4, -0.2) is 19.1 Å². The highest BCUT2D eigenvalue weighted by atomic mass is 16.5. The van der Waals surface area contributed by atoms with Crippen LogP contribution in [0.1, 0.15) is 0 Å². The van der Waals surface area contributed by atoms with Crippen molar-refractivity contribution in [3.8, 4) is 56.6 Å². The van der Waals surface area contributed by atoms with Gasteiger partial charge in [-0.05, 0) is 106 Å². The van der Waals surface area contributed by atoms with Crippen molar-refractivity contribution in [1.82, 2.24) is 19.1 Å². The fourth-order valence-electron chi connectivity index (χ4n) is 9.46. The van der Waals surface area contributed by atoms with Crippen molar-refractivity contribution in [2.75, 3.05) is 0 Å². The Balaban J connectivity index is 1.01.